The highest BCUT2D eigenvalue weighted by atomic mass is 127. The van der Waals surface area contributed by atoms with Gasteiger partial charge in [0.2, 0.25) is 0 Å². The molecule has 0 amide bonds. The molecule has 1 atom stereocenters. The van der Waals surface area contributed by atoms with Crippen LogP contribution in [0, 0.1) is 3.57 Å². The van der Waals surface area contributed by atoms with E-state index in [1.165, 1.54) is 25.7 Å². The van der Waals surface area contributed by atoms with E-state index < -0.39 is 5.25 Å². The molecule has 0 aliphatic carbocycles. The van der Waals surface area contributed by atoms with Gasteiger partial charge in [0.05, 0.1) is 10.2 Å². The number of rotatable bonds is 10. The van der Waals surface area contributed by atoms with Gasteiger partial charge in [0.15, 0.2) is 0 Å². The Bertz CT molecular complexity index is 581. The first-order chi connectivity index (χ1) is 12.2. The Morgan fingerprint density at radius 3 is 2.42 bits per heavy atom. The monoisotopic (exact) mass is 492 g/mol. The van der Waals surface area contributed by atoms with E-state index in [1.54, 1.807) is 0 Å². The summed E-state index contributed by atoms with van der Waals surface area (Å²) in [5.74, 6) is 0.0606. The van der Waals surface area contributed by atoms with Gasteiger partial charge in [-0.05, 0) is 52.5 Å². The molecule has 0 saturated carbocycles. The number of aromatic hydroxyl groups is 1. The lowest BCUT2D eigenvalue weighted by Gasteiger charge is -2.22. The van der Waals surface area contributed by atoms with Gasteiger partial charge in [-0.15, -0.1) is 0 Å². The summed E-state index contributed by atoms with van der Waals surface area (Å²) in [6.07, 6.45) is 7.51. The molecule has 0 saturated heterocycles. The van der Waals surface area contributed by atoms with Crippen molar-refractivity contribution in [3.8, 4) is 5.75 Å². The summed E-state index contributed by atoms with van der Waals surface area (Å²) in [6.45, 7) is 8.87. The van der Waals surface area contributed by atoms with E-state index in [0.717, 1.165) is 27.5 Å². The summed E-state index contributed by atoms with van der Waals surface area (Å²) in [4.78, 5) is 12.2. The highest BCUT2D eigenvalue weighted by Gasteiger charge is 2.23. The van der Waals surface area contributed by atoms with Gasteiger partial charge in [0.1, 0.15) is 11.0 Å². The molecular formula is C21H33IO3S. The number of phenols is 1. The number of halogens is 1. The van der Waals surface area contributed by atoms with Crippen molar-refractivity contribution in [2.75, 3.05) is 6.61 Å². The summed E-state index contributed by atoms with van der Waals surface area (Å²) >= 11 is 6.56. The van der Waals surface area contributed by atoms with E-state index in [1.807, 2.05) is 12.1 Å². The Labute approximate surface area is 177 Å². The summed E-state index contributed by atoms with van der Waals surface area (Å²) in [6, 6.07) is 3.89. The lowest BCUT2D eigenvalue weighted by Crippen LogP contribution is -2.21. The van der Waals surface area contributed by atoms with Crippen LogP contribution in [-0.4, -0.2) is 22.9 Å². The summed E-state index contributed by atoms with van der Waals surface area (Å²) in [5, 5.41) is 9.82. The van der Waals surface area contributed by atoms with Crippen LogP contribution in [-0.2, 0) is 21.4 Å². The molecule has 1 aromatic rings. The van der Waals surface area contributed by atoms with E-state index in [9.17, 15) is 9.90 Å². The molecule has 1 N–H and O–H groups in total. The van der Waals surface area contributed by atoms with Crippen molar-refractivity contribution in [1.29, 1.82) is 0 Å². The zero-order valence-electron chi connectivity index (χ0n) is 16.5. The minimum atomic E-state index is -0.483. The van der Waals surface area contributed by atoms with Gasteiger partial charge in [-0.3, -0.25) is 4.79 Å². The second-order valence-corrected chi connectivity index (χ2v) is 9.66. The average molecular weight is 492 g/mol. The number of hydrogen-bond donors (Lipinski definition) is 2. The fourth-order valence-corrected chi connectivity index (χ4v) is 3.78. The van der Waals surface area contributed by atoms with Crippen molar-refractivity contribution in [3.63, 3.8) is 0 Å². The predicted octanol–water partition coefficient (Wildman–Crippen LogP) is 6.04. The van der Waals surface area contributed by atoms with Crippen LogP contribution in [0.2, 0.25) is 0 Å². The minimum Gasteiger partial charge on any atom is -0.507 e. The Morgan fingerprint density at radius 2 is 1.81 bits per heavy atom. The molecule has 0 bridgehead atoms. The molecule has 26 heavy (non-hydrogen) atoms. The second kappa shape index (κ2) is 11.4. The molecule has 5 heteroatoms. The first-order valence-corrected chi connectivity index (χ1v) is 11.1. The van der Waals surface area contributed by atoms with Crippen LogP contribution in [0.3, 0.4) is 0 Å². The quantitative estimate of drug-likeness (QED) is 0.181. The standard InChI is InChI=1S/C21H33IO3S/c1-5-6-7-8-9-10-11-25-20(24)18(26)14-15-12-16(21(2,3)4)19(23)17(22)13-15/h12-13,18,23,26H,5-11,14H2,1-4H3. The largest absolute Gasteiger partial charge is 0.507 e. The summed E-state index contributed by atoms with van der Waals surface area (Å²) in [5.41, 5.74) is 1.72. The number of benzene rings is 1. The molecule has 0 spiro atoms. The first kappa shape index (κ1) is 23.6. The summed E-state index contributed by atoms with van der Waals surface area (Å²) < 4.78 is 6.16. The summed E-state index contributed by atoms with van der Waals surface area (Å²) in [7, 11) is 0. The predicted molar refractivity (Wildman–Crippen MR) is 120 cm³/mol. The molecular weight excluding hydrogens is 459 g/mol. The van der Waals surface area contributed by atoms with Gasteiger partial charge in [-0.1, -0.05) is 65.9 Å². The molecule has 1 rings (SSSR count). The lowest BCUT2D eigenvalue weighted by molar-refractivity contribution is -0.143. The maximum atomic E-state index is 12.2. The van der Waals surface area contributed by atoms with Crippen molar-refractivity contribution in [3.05, 3.63) is 26.8 Å². The SMILES string of the molecule is CCCCCCCCOC(=O)C(S)Cc1cc(I)c(O)c(C(C)(C)C)c1. The first-order valence-electron chi connectivity index (χ1n) is 9.53. The molecule has 1 aromatic carbocycles. The van der Waals surface area contributed by atoms with E-state index in [4.69, 9.17) is 4.74 Å². The second-order valence-electron chi connectivity index (χ2n) is 7.88. The van der Waals surface area contributed by atoms with E-state index in [0.29, 0.717) is 18.8 Å². The highest BCUT2D eigenvalue weighted by Crippen LogP contribution is 2.35. The number of ether oxygens (including phenoxy) is 1. The van der Waals surface area contributed by atoms with Gasteiger partial charge in [-0.2, -0.15) is 12.6 Å². The Morgan fingerprint density at radius 1 is 1.19 bits per heavy atom. The third-order valence-corrected chi connectivity index (χ3v) is 5.59. The third kappa shape index (κ3) is 8.07. The van der Waals surface area contributed by atoms with Crippen molar-refractivity contribution < 1.29 is 14.6 Å². The normalized spacial score (nSPS) is 12.8. The number of unbranched alkanes of at least 4 members (excludes halogenated alkanes) is 5. The lowest BCUT2D eigenvalue weighted by atomic mass is 9.85. The van der Waals surface area contributed by atoms with Gasteiger partial charge >= 0.3 is 5.97 Å². The third-order valence-electron chi connectivity index (χ3n) is 4.37. The topological polar surface area (TPSA) is 46.5 Å². The number of esters is 1. The fourth-order valence-electron chi connectivity index (χ4n) is 2.80. The van der Waals surface area contributed by atoms with E-state index >= 15 is 0 Å². The van der Waals surface area contributed by atoms with Crippen molar-refractivity contribution in [2.24, 2.45) is 0 Å². The van der Waals surface area contributed by atoms with E-state index in [-0.39, 0.29) is 11.4 Å². The minimum absolute atomic E-state index is 0.162. The molecule has 0 aliphatic heterocycles. The van der Waals surface area contributed by atoms with Gasteiger partial charge in [0, 0.05) is 5.56 Å². The van der Waals surface area contributed by atoms with Crippen LogP contribution in [0.25, 0.3) is 0 Å². The van der Waals surface area contributed by atoms with Crippen molar-refractivity contribution >= 4 is 41.2 Å². The van der Waals surface area contributed by atoms with Crippen molar-refractivity contribution in [2.45, 2.75) is 83.3 Å². The molecule has 0 radical (unpaired) electrons. The van der Waals surface area contributed by atoms with Gasteiger partial charge in [-0.25, -0.2) is 0 Å². The number of phenolic OH excluding ortho intramolecular Hbond substituents is 1. The fraction of sp³-hybridized carbons (Fsp3) is 0.667. The molecule has 0 heterocycles. The van der Waals surface area contributed by atoms with Gasteiger partial charge in [0.25, 0.3) is 0 Å². The average Bonchev–Trinajstić information content (AvgIpc) is 2.55. The smallest absolute Gasteiger partial charge is 0.319 e. The van der Waals surface area contributed by atoms with Crippen LogP contribution in [0.1, 0.15) is 77.3 Å². The molecule has 148 valence electrons. The maximum absolute atomic E-state index is 12.2. The van der Waals surface area contributed by atoms with Crippen LogP contribution in [0.4, 0.5) is 0 Å². The van der Waals surface area contributed by atoms with Crippen LogP contribution in [0.5, 0.6) is 5.75 Å². The molecule has 0 aromatic heterocycles. The van der Waals surface area contributed by atoms with E-state index in [2.05, 4.69) is 62.9 Å². The van der Waals surface area contributed by atoms with Crippen LogP contribution >= 0.6 is 35.2 Å². The maximum Gasteiger partial charge on any atom is 0.319 e. The van der Waals surface area contributed by atoms with Crippen LogP contribution in [0.15, 0.2) is 12.1 Å². The Hall–Kier alpha value is -0.430. The molecule has 0 aliphatic rings. The number of thiol groups is 1. The zero-order chi connectivity index (χ0) is 19.7. The van der Waals surface area contributed by atoms with Crippen molar-refractivity contribution in [1.82, 2.24) is 0 Å². The number of carbonyl (C=O) groups is 1. The Balaban J connectivity index is 2.53. The van der Waals surface area contributed by atoms with Gasteiger partial charge < -0.3 is 9.84 Å². The number of hydrogen-bond acceptors (Lipinski definition) is 4. The zero-order valence-corrected chi connectivity index (χ0v) is 19.5. The Kier molecular flexibility index (Phi) is 10.4. The molecule has 1 unspecified atom stereocenters. The molecule has 3 nitrogen and oxygen atoms in total. The highest BCUT2D eigenvalue weighted by molar-refractivity contribution is 14.1. The van der Waals surface area contributed by atoms with Crippen LogP contribution < -0.4 is 0 Å². The number of carbonyl (C=O) groups excluding carboxylic acids is 1. The molecule has 0 fully saturated rings.